The van der Waals surface area contributed by atoms with Gasteiger partial charge in [-0.1, -0.05) is 32.3 Å². The summed E-state index contributed by atoms with van der Waals surface area (Å²) in [5.74, 6) is -2.94. The number of carbonyl (C=O) groups is 5. The number of halogens is 1. The van der Waals surface area contributed by atoms with Crippen LogP contribution in [-0.2, 0) is 20.8 Å². The number of anilines is 1. The Bertz CT molecular complexity index is 1390. The molecule has 2 aromatic rings. The van der Waals surface area contributed by atoms with Crippen LogP contribution in [0, 0.1) is 17.7 Å². The van der Waals surface area contributed by atoms with Gasteiger partial charge in [0.2, 0.25) is 17.7 Å². The second kappa shape index (κ2) is 16.0. The van der Waals surface area contributed by atoms with Crippen LogP contribution in [0.5, 0.6) is 0 Å². The van der Waals surface area contributed by atoms with E-state index in [0.717, 1.165) is 56.5 Å². The van der Waals surface area contributed by atoms with E-state index in [9.17, 15) is 24.0 Å². The fraction of sp³-hybridized carbons (Fsp3) is 0.562. The molecule has 244 valence electrons. The molecule has 3 N–H and O–H groups in total. The first-order valence-electron chi connectivity index (χ1n) is 15.7. The lowest BCUT2D eigenvalue weighted by atomic mass is 9.77. The van der Waals surface area contributed by atoms with Crippen LogP contribution in [-0.4, -0.2) is 90.5 Å². The van der Waals surface area contributed by atoms with Crippen molar-refractivity contribution in [2.24, 2.45) is 11.8 Å². The number of nitrogens with zero attached hydrogens (tertiary/aromatic N) is 3. The summed E-state index contributed by atoms with van der Waals surface area (Å²) < 4.78 is 15.4. The molecule has 1 aromatic heterocycles. The number of aromatic nitrogens is 1. The number of nitrogens with one attached hydrogen (secondary N) is 3. The number of ketones is 1. The number of rotatable bonds is 12. The molecule has 0 radical (unpaired) electrons. The van der Waals surface area contributed by atoms with Crippen molar-refractivity contribution in [3.63, 3.8) is 0 Å². The number of hydrogen-bond acceptors (Lipinski definition) is 8. The standard InChI is InChI=1S/C32H43FN6O5S/c1-4-28(41)36-25(32(44)39-14-12-38(3)13-15-39)17-20-10-11-24(23(33)16-20)37-29(42)22(21-8-6-5-7-9-21)18-26(40)27-19-35-31(45-27)30(43)34-2/h10-11,16,19,21-22,25H,4-9,12-15,17-18H2,1-3H3,(H,34,43)(H,36,41)(H,37,42)/t22-,25+/m0/s1. The van der Waals surface area contributed by atoms with Crippen LogP contribution in [0.1, 0.15) is 76.9 Å². The number of piperazine rings is 1. The highest BCUT2D eigenvalue weighted by molar-refractivity contribution is 7.15. The normalized spacial score (nSPS) is 17.3. The van der Waals surface area contributed by atoms with E-state index in [0.29, 0.717) is 23.5 Å². The highest BCUT2D eigenvalue weighted by atomic mass is 32.1. The third kappa shape index (κ3) is 9.16. The van der Waals surface area contributed by atoms with E-state index in [4.69, 9.17) is 0 Å². The lowest BCUT2D eigenvalue weighted by Gasteiger charge is -2.34. The average Bonchev–Trinajstić information content (AvgIpc) is 3.55. The van der Waals surface area contributed by atoms with Crippen LogP contribution in [0.3, 0.4) is 0 Å². The fourth-order valence-electron chi connectivity index (χ4n) is 5.92. The van der Waals surface area contributed by atoms with Crippen LogP contribution < -0.4 is 16.0 Å². The first-order chi connectivity index (χ1) is 21.6. The second-order valence-electron chi connectivity index (χ2n) is 11.9. The van der Waals surface area contributed by atoms with Crippen molar-refractivity contribution in [2.75, 3.05) is 45.6 Å². The summed E-state index contributed by atoms with van der Waals surface area (Å²) in [6.45, 7) is 4.28. The number of thiazole rings is 1. The molecule has 1 saturated carbocycles. The van der Waals surface area contributed by atoms with E-state index in [2.05, 4.69) is 25.8 Å². The molecular weight excluding hydrogens is 599 g/mol. The maximum Gasteiger partial charge on any atom is 0.280 e. The first kappa shape index (κ1) is 34.2. The minimum atomic E-state index is -0.835. The summed E-state index contributed by atoms with van der Waals surface area (Å²) in [6, 6.07) is 3.54. The van der Waals surface area contributed by atoms with Gasteiger partial charge >= 0.3 is 0 Å². The van der Waals surface area contributed by atoms with Crippen molar-refractivity contribution >= 4 is 46.4 Å². The van der Waals surface area contributed by atoms with Gasteiger partial charge in [-0.25, -0.2) is 9.37 Å². The molecule has 1 aromatic carbocycles. The maximum atomic E-state index is 15.4. The Balaban J connectivity index is 1.47. The van der Waals surface area contributed by atoms with Crippen LogP contribution in [0.15, 0.2) is 24.4 Å². The number of carbonyl (C=O) groups excluding carboxylic acids is 5. The van der Waals surface area contributed by atoms with Crippen molar-refractivity contribution in [3.05, 3.63) is 45.7 Å². The van der Waals surface area contributed by atoms with Crippen LogP contribution in [0.25, 0.3) is 0 Å². The van der Waals surface area contributed by atoms with E-state index >= 15 is 4.39 Å². The Morgan fingerprint density at radius 1 is 1.07 bits per heavy atom. The third-order valence-electron chi connectivity index (χ3n) is 8.66. The molecule has 2 heterocycles. The number of amides is 4. The molecule has 0 spiro atoms. The van der Waals surface area contributed by atoms with Gasteiger partial charge < -0.3 is 25.8 Å². The van der Waals surface area contributed by atoms with Gasteiger partial charge in [0.15, 0.2) is 10.8 Å². The van der Waals surface area contributed by atoms with Crippen molar-refractivity contribution in [2.45, 2.75) is 64.3 Å². The fourth-order valence-corrected chi connectivity index (χ4v) is 6.73. The Kier molecular flexibility index (Phi) is 12.2. The molecule has 2 atom stereocenters. The number of hydrogen-bond donors (Lipinski definition) is 3. The van der Waals surface area contributed by atoms with Crippen molar-refractivity contribution in [1.82, 2.24) is 25.4 Å². The van der Waals surface area contributed by atoms with E-state index < -0.39 is 23.7 Å². The molecular formula is C32H43FN6O5S. The summed E-state index contributed by atoms with van der Waals surface area (Å²) in [7, 11) is 3.47. The van der Waals surface area contributed by atoms with Gasteiger partial charge in [-0.3, -0.25) is 24.0 Å². The lowest BCUT2D eigenvalue weighted by Crippen LogP contribution is -2.54. The molecule has 13 heteroatoms. The summed E-state index contributed by atoms with van der Waals surface area (Å²) in [4.78, 5) is 72.4. The Hall–Kier alpha value is -3.71. The van der Waals surface area contributed by atoms with Gasteiger partial charge in [0.1, 0.15) is 11.9 Å². The molecule has 0 unspecified atom stereocenters. The van der Waals surface area contributed by atoms with Crippen LogP contribution in [0.2, 0.25) is 0 Å². The molecule has 2 aliphatic rings. The Morgan fingerprint density at radius 3 is 2.42 bits per heavy atom. The van der Waals surface area contributed by atoms with Crippen molar-refractivity contribution < 1.29 is 28.4 Å². The maximum absolute atomic E-state index is 15.4. The largest absolute Gasteiger partial charge is 0.353 e. The molecule has 1 saturated heterocycles. The Labute approximate surface area is 267 Å². The topological polar surface area (TPSA) is 141 Å². The summed E-state index contributed by atoms with van der Waals surface area (Å²) in [6.07, 6.45) is 6.18. The summed E-state index contributed by atoms with van der Waals surface area (Å²) in [5.41, 5.74) is 0.488. The monoisotopic (exact) mass is 642 g/mol. The van der Waals surface area contributed by atoms with Gasteiger partial charge in [-0.2, -0.15) is 0 Å². The van der Waals surface area contributed by atoms with Crippen molar-refractivity contribution in [1.29, 1.82) is 0 Å². The SMILES string of the molecule is CCC(=O)N[C@H](Cc1ccc(NC(=O)[C@@H](CC(=O)c2cnc(C(=O)NC)s2)C2CCCCC2)c(F)c1)C(=O)N1CCN(C)CC1. The molecule has 0 bridgehead atoms. The zero-order valence-corrected chi connectivity index (χ0v) is 27.0. The van der Waals surface area contributed by atoms with Gasteiger partial charge in [0.25, 0.3) is 5.91 Å². The molecule has 1 aliphatic heterocycles. The molecule has 1 aliphatic carbocycles. The average molecular weight is 643 g/mol. The smallest absolute Gasteiger partial charge is 0.280 e. The summed E-state index contributed by atoms with van der Waals surface area (Å²) >= 11 is 0.983. The van der Waals surface area contributed by atoms with E-state index in [1.165, 1.54) is 25.4 Å². The molecule has 2 fully saturated rings. The lowest BCUT2D eigenvalue weighted by molar-refractivity contribution is -0.137. The molecule has 45 heavy (non-hydrogen) atoms. The highest BCUT2D eigenvalue weighted by Crippen LogP contribution is 2.34. The second-order valence-corrected chi connectivity index (χ2v) is 12.9. The van der Waals surface area contributed by atoms with Gasteiger partial charge in [0, 0.05) is 64.6 Å². The van der Waals surface area contributed by atoms with Crippen LogP contribution in [0.4, 0.5) is 10.1 Å². The zero-order valence-electron chi connectivity index (χ0n) is 26.2. The minimum absolute atomic E-state index is 0.0174. The quantitative estimate of drug-likeness (QED) is 0.302. The highest BCUT2D eigenvalue weighted by Gasteiger charge is 2.33. The molecule has 4 rings (SSSR count). The number of likely N-dealkylation sites (N-methyl/N-ethyl adjacent to an activating group) is 1. The van der Waals surface area contributed by atoms with Gasteiger partial charge in [-0.15, -0.1) is 11.3 Å². The van der Waals surface area contributed by atoms with E-state index in [1.807, 2.05) is 7.05 Å². The third-order valence-corrected chi connectivity index (χ3v) is 9.70. The first-order valence-corrected chi connectivity index (χ1v) is 16.5. The number of benzene rings is 1. The minimum Gasteiger partial charge on any atom is -0.353 e. The van der Waals surface area contributed by atoms with Crippen LogP contribution >= 0.6 is 11.3 Å². The molecule has 11 nitrogen and oxygen atoms in total. The number of Topliss-reactive ketones (excluding diaryl/α,β-unsaturated/α-hetero) is 1. The predicted molar refractivity (Wildman–Crippen MR) is 170 cm³/mol. The van der Waals surface area contributed by atoms with E-state index in [-0.39, 0.29) is 59.4 Å². The van der Waals surface area contributed by atoms with Crippen molar-refractivity contribution in [3.8, 4) is 0 Å². The Morgan fingerprint density at radius 2 is 1.78 bits per heavy atom. The van der Waals surface area contributed by atoms with Gasteiger partial charge in [-0.05, 0) is 43.5 Å². The van der Waals surface area contributed by atoms with E-state index in [1.54, 1.807) is 17.9 Å². The zero-order chi connectivity index (χ0) is 32.5. The predicted octanol–water partition coefficient (Wildman–Crippen LogP) is 3.26. The van der Waals surface area contributed by atoms with Gasteiger partial charge in [0.05, 0.1) is 10.6 Å². The summed E-state index contributed by atoms with van der Waals surface area (Å²) in [5, 5.41) is 8.15. The molecule has 4 amide bonds.